The smallest absolute Gasteiger partial charge is 0.319 e. The second-order valence-electron chi connectivity index (χ2n) is 4.44. The summed E-state index contributed by atoms with van der Waals surface area (Å²) in [6, 6.07) is 5.93. The molecule has 0 bridgehead atoms. The van der Waals surface area contributed by atoms with Crippen LogP contribution in [0.5, 0.6) is 0 Å². The Hall–Kier alpha value is -0.720. The third kappa shape index (κ3) is 4.71. The number of carbonyl (C=O) groups is 1. The van der Waals surface area contributed by atoms with Crippen molar-refractivity contribution in [1.29, 1.82) is 0 Å². The third-order valence-corrected chi connectivity index (χ3v) is 6.05. The van der Waals surface area contributed by atoms with E-state index in [0.717, 1.165) is 11.8 Å². The van der Waals surface area contributed by atoms with E-state index in [1.807, 2.05) is 0 Å². The molecule has 19 heavy (non-hydrogen) atoms. The summed E-state index contributed by atoms with van der Waals surface area (Å²) >= 11 is 6.80. The monoisotopic (exact) mass is 322 g/mol. The van der Waals surface area contributed by atoms with Crippen LogP contribution >= 0.6 is 23.4 Å². The molecule has 0 aliphatic heterocycles. The molecule has 1 rings (SSSR count). The summed E-state index contributed by atoms with van der Waals surface area (Å²) in [4.78, 5) is 11.1. The van der Waals surface area contributed by atoms with Crippen molar-refractivity contribution in [2.75, 3.05) is 11.5 Å². The van der Waals surface area contributed by atoms with Crippen molar-refractivity contribution in [2.24, 2.45) is 0 Å². The molecule has 0 saturated heterocycles. The van der Waals surface area contributed by atoms with E-state index < -0.39 is 20.6 Å². The minimum Gasteiger partial charge on any atom is -0.480 e. The lowest BCUT2D eigenvalue weighted by Gasteiger charge is -2.18. The van der Waals surface area contributed by atoms with Crippen molar-refractivity contribution in [1.82, 2.24) is 0 Å². The predicted octanol–water partition coefficient (Wildman–Crippen LogP) is 2.71. The molecule has 0 saturated carbocycles. The van der Waals surface area contributed by atoms with E-state index in [1.165, 1.54) is 24.3 Å². The maximum Gasteiger partial charge on any atom is 0.319 e. The molecule has 0 unspecified atom stereocenters. The van der Waals surface area contributed by atoms with E-state index in [-0.39, 0.29) is 16.4 Å². The highest BCUT2D eigenvalue weighted by atomic mass is 35.5. The Balaban J connectivity index is 2.67. The van der Waals surface area contributed by atoms with E-state index in [4.69, 9.17) is 16.7 Å². The summed E-state index contributed by atoms with van der Waals surface area (Å²) in [5, 5.41) is 9.41. The second-order valence-corrected chi connectivity index (χ2v) is 8.70. The molecule has 0 radical (unpaired) electrons. The van der Waals surface area contributed by atoms with E-state index >= 15 is 0 Å². The number of rotatable bonds is 6. The first-order valence-corrected chi connectivity index (χ1v) is 8.52. The largest absolute Gasteiger partial charge is 0.480 e. The van der Waals surface area contributed by atoms with Gasteiger partial charge in [-0.2, -0.15) is 0 Å². The first kappa shape index (κ1) is 16.3. The fourth-order valence-electron chi connectivity index (χ4n) is 1.23. The van der Waals surface area contributed by atoms with Crippen molar-refractivity contribution in [2.45, 2.75) is 23.5 Å². The highest BCUT2D eigenvalue weighted by Gasteiger charge is 2.28. The maximum absolute atomic E-state index is 12.0. The van der Waals surface area contributed by atoms with Gasteiger partial charge in [-0.1, -0.05) is 11.6 Å². The Morgan fingerprint density at radius 3 is 2.32 bits per heavy atom. The van der Waals surface area contributed by atoms with Gasteiger partial charge in [0.25, 0.3) is 0 Å². The van der Waals surface area contributed by atoms with Crippen LogP contribution in [0.4, 0.5) is 0 Å². The average Bonchev–Trinajstić information content (AvgIpc) is 2.28. The summed E-state index contributed by atoms with van der Waals surface area (Å²) < 4.78 is 23.0. The van der Waals surface area contributed by atoms with Crippen LogP contribution in [0, 0.1) is 0 Å². The molecule has 0 heterocycles. The molecule has 0 aromatic heterocycles. The van der Waals surface area contributed by atoms with Crippen molar-refractivity contribution in [3.63, 3.8) is 0 Å². The molecule has 0 aliphatic carbocycles. The van der Waals surface area contributed by atoms with Gasteiger partial charge < -0.3 is 5.11 Å². The zero-order chi connectivity index (χ0) is 14.7. The molecule has 0 atom stereocenters. The first-order chi connectivity index (χ1) is 8.65. The van der Waals surface area contributed by atoms with E-state index in [1.54, 1.807) is 13.8 Å². The van der Waals surface area contributed by atoms with Crippen LogP contribution in [0.15, 0.2) is 29.2 Å². The highest BCUT2D eigenvalue weighted by Crippen LogP contribution is 2.25. The lowest BCUT2D eigenvalue weighted by atomic mass is 10.2. The Labute approximate surface area is 122 Å². The van der Waals surface area contributed by atoms with E-state index in [0.29, 0.717) is 5.02 Å². The molecule has 106 valence electrons. The summed E-state index contributed by atoms with van der Waals surface area (Å²) in [5.41, 5.74) is 0. The predicted molar refractivity (Wildman–Crippen MR) is 77.7 cm³/mol. The van der Waals surface area contributed by atoms with E-state index in [2.05, 4.69) is 0 Å². The van der Waals surface area contributed by atoms with Gasteiger partial charge in [-0.3, -0.25) is 4.79 Å². The van der Waals surface area contributed by atoms with Gasteiger partial charge in [0.2, 0.25) is 0 Å². The SMILES string of the molecule is CC(C)(SCCS(=O)(=O)c1ccc(Cl)cc1)C(=O)O. The van der Waals surface area contributed by atoms with Gasteiger partial charge in [0.15, 0.2) is 9.84 Å². The quantitative estimate of drug-likeness (QED) is 0.872. The summed E-state index contributed by atoms with van der Waals surface area (Å²) in [7, 11) is -3.40. The number of thioether (sulfide) groups is 1. The molecular weight excluding hydrogens is 308 g/mol. The first-order valence-electron chi connectivity index (χ1n) is 5.51. The average molecular weight is 323 g/mol. The van der Waals surface area contributed by atoms with Crippen molar-refractivity contribution < 1.29 is 18.3 Å². The van der Waals surface area contributed by atoms with Gasteiger partial charge in [0, 0.05) is 10.8 Å². The Bertz CT molecular complexity index is 550. The standard InChI is InChI=1S/C12H15ClO4S2/c1-12(2,11(14)15)18-7-8-19(16,17)10-5-3-9(13)4-6-10/h3-6H,7-8H2,1-2H3,(H,14,15). The number of hydrogen-bond donors (Lipinski definition) is 1. The molecule has 0 spiro atoms. The van der Waals surface area contributed by atoms with Crippen LogP contribution in [0.3, 0.4) is 0 Å². The fourth-order valence-corrected chi connectivity index (χ4v) is 3.99. The molecule has 0 fully saturated rings. The van der Waals surface area contributed by atoms with Crippen LogP contribution in [0.2, 0.25) is 5.02 Å². The number of aliphatic carboxylic acids is 1. The number of benzene rings is 1. The topological polar surface area (TPSA) is 71.4 Å². The summed E-state index contributed by atoms with van der Waals surface area (Å²) in [6.45, 7) is 3.10. The van der Waals surface area contributed by atoms with Crippen LogP contribution < -0.4 is 0 Å². The lowest BCUT2D eigenvalue weighted by molar-refractivity contribution is -0.138. The number of carboxylic acids is 1. The van der Waals surface area contributed by atoms with Crippen LogP contribution in [-0.4, -0.2) is 35.7 Å². The van der Waals surface area contributed by atoms with E-state index in [9.17, 15) is 13.2 Å². The number of halogens is 1. The van der Waals surface area contributed by atoms with Gasteiger partial charge in [0.1, 0.15) is 4.75 Å². The Kier molecular flexibility index (Phi) is 5.29. The molecule has 7 heteroatoms. The van der Waals surface area contributed by atoms with Gasteiger partial charge in [-0.05, 0) is 38.1 Å². The Morgan fingerprint density at radius 1 is 1.32 bits per heavy atom. The highest BCUT2D eigenvalue weighted by molar-refractivity contribution is 8.02. The zero-order valence-electron chi connectivity index (χ0n) is 10.6. The van der Waals surface area contributed by atoms with Gasteiger partial charge >= 0.3 is 5.97 Å². The van der Waals surface area contributed by atoms with Crippen molar-refractivity contribution >= 4 is 39.2 Å². The van der Waals surface area contributed by atoms with Gasteiger partial charge in [0.05, 0.1) is 10.6 Å². The maximum atomic E-state index is 12.0. The number of carboxylic acid groups (broad SMARTS) is 1. The van der Waals surface area contributed by atoms with Gasteiger partial charge in [-0.25, -0.2) is 8.42 Å². The van der Waals surface area contributed by atoms with Crippen LogP contribution in [0.25, 0.3) is 0 Å². The zero-order valence-corrected chi connectivity index (χ0v) is 13.0. The second kappa shape index (κ2) is 6.15. The van der Waals surface area contributed by atoms with Crippen molar-refractivity contribution in [3.8, 4) is 0 Å². The van der Waals surface area contributed by atoms with Gasteiger partial charge in [-0.15, -0.1) is 11.8 Å². The molecule has 1 aromatic rings. The molecular formula is C12H15ClO4S2. The number of hydrogen-bond acceptors (Lipinski definition) is 4. The fraction of sp³-hybridized carbons (Fsp3) is 0.417. The molecule has 0 aliphatic rings. The van der Waals surface area contributed by atoms with Crippen molar-refractivity contribution in [3.05, 3.63) is 29.3 Å². The van der Waals surface area contributed by atoms with Crippen LogP contribution in [-0.2, 0) is 14.6 Å². The summed E-state index contributed by atoms with van der Waals surface area (Å²) in [5.74, 6) is -0.832. The lowest BCUT2D eigenvalue weighted by Crippen LogP contribution is -2.28. The third-order valence-electron chi connectivity index (χ3n) is 2.50. The number of sulfone groups is 1. The molecule has 1 aromatic carbocycles. The normalized spacial score (nSPS) is 12.4. The summed E-state index contributed by atoms with van der Waals surface area (Å²) in [6.07, 6.45) is 0. The molecule has 4 nitrogen and oxygen atoms in total. The molecule has 0 amide bonds. The Morgan fingerprint density at radius 2 is 1.84 bits per heavy atom. The minimum atomic E-state index is -3.40. The molecule has 1 N–H and O–H groups in total. The minimum absolute atomic E-state index is 0.101. The van der Waals surface area contributed by atoms with Crippen LogP contribution in [0.1, 0.15) is 13.8 Å².